The van der Waals surface area contributed by atoms with E-state index in [0.29, 0.717) is 5.92 Å². The zero-order valence-electron chi connectivity index (χ0n) is 10.7. The molecule has 5 heteroatoms. The van der Waals surface area contributed by atoms with Crippen LogP contribution < -0.4 is 4.90 Å². The van der Waals surface area contributed by atoms with Crippen LogP contribution in [0.25, 0.3) is 10.9 Å². The molecule has 0 amide bonds. The standard InChI is InChI=1S/C14H15N3O2/c1-9-4-5-17(8-9)14-15-7-11-6-10(13(18)19)2-3-12(11)16-14/h2-3,6-7,9H,4-5,8H2,1H3,(H,18,19). The van der Waals surface area contributed by atoms with Crippen LogP contribution in [0.1, 0.15) is 23.7 Å². The number of aromatic carboxylic acids is 1. The molecule has 0 aliphatic carbocycles. The highest BCUT2D eigenvalue weighted by Gasteiger charge is 2.21. The normalized spacial score (nSPS) is 19.0. The van der Waals surface area contributed by atoms with Gasteiger partial charge in [-0.05, 0) is 30.5 Å². The Morgan fingerprint density at radius 2 is 2.32 bits per heavy atom. The highest BCUT2D eigenvalue weighted by Crippen LogP contribution is 2.22. The lowest BCUT2D eigenvalue weighted by atomic mass is 10.1. The molecule has 1 aromatic heterocycles. The number of carboxylic acids is 1. The maximum absolute atomic E-state index is 10.9. The molecule has 0 bridgehead atoms. The fraction of sp³-hybridized carbons (Fsp3) is 0.357. The molecule has 0 saturated carbocycles. The van der Waals surface area contributed by atoms with Crippen molar-refractivity contribution in [1.29, 1.82) is 0 Å². The Morgan fingerprint density at radius 3 is 3.00 bits per heavy atom. The molecule has 1 N–H and O–H groups in total. The summed E-state index contributed by atoms with van der Waals surface area (Å²) in [6, 6.07) is 4.92. The zero-order valence-corrected chi connectivity index (χ0v) is 10.7. The van der Waals surface area contributed by atoms with Gasteiger partial charge in [0.1, 0.15) is 0 Å². The number of anilines is 1. The zero-order chi connectivity index (χ0) is 13.4. The minimum absolute atomic E-state index is 0.263. The van der Waals surface area contributed by atoms with Gasteiger partial charge in [-0.2, -0.15) is 0 Å². The van der Waals surface area contributed by atoms with Crippen molar-refractivity contribution in [3.05, 3.63) is 30.0 Å². The number of nitrogens with zero attached hydrogens (tertiary/aromatic N) is 3. The average Bonchev–Trinajstić information content (AvgIpc) is 2.84. The van der Waals surface area contributed by atoms with E-state index in [1.807, 2.05) is 0 Å². The van der Waals surface area contributed by atoms with E-state index < -0.39 is 5.97 Å². The molecular formula is C14H15N3O2. The van der Waals surface area contributed by atoms with Crippen molar-refractivity contribution in [2.45, 2.75) is 13.3 Å². The molecule has 0 radical (unpaired) electrons. The van der Waals surface area contributed by atoms with Crippen LogP contribution in [0.2, 0.25) is 0 Å². The van der Waals surface area contributed by atoms with Gasteiger partial charge >= 0.3 is 5.97 Å². The van der Waals surface area contributed by atoms with Gasteiger partial charge in [-0.25, -0.2) is 14.8 Å². The van der Waals surface area contributed by atoms with E-state index >= 15 is 0 Å². The molecular weight excluding hydrogens is 242 g/mol. The van der Waals surface area contributed by atoms with Crippen LogP contribution in [-0.4, -0.2) is 34.1 Å². The molecule has 1 saturated heterocycles. The van der Waals surface area contributed by atoms with Gasteiger partial charge in [0.25, 0.3) is 0 Å². The van der Waals surface area contributed by atoms with Crippen molar-refractivity contribution >= 4 is 22.8 Å². The van der Waals surface area contributed by atoms with Crippen LogP contribution in [0.4, 0.5) is 5.95 Å². The highest BCUT2D eigenvalue weighted by atomic mass is 16.4. The molecule has 98 valence electrons. The summed E-state index contributed by atoms with van der Waals surface area (Å²) in [7, 11) is 0. The maximum atomic E-state index is 10.9. The van der Waals surface area contributed by atoms with Gasteiger partial charge in [-0.1, -0.05) is 6.92 Å². The van der Waals surface area contributed by atoms with Crippen LogP contribution in [0.5, 0.6) is 0 Å². The lowest BCUT2D eigenvalue weighted by Gasteiger charge is -2.15. The summed E-state index contributed by atoms with van der Waals surface area (Å²) in [5, 5.41) is 9.71. The predicted molar refractivity (Wildman–Crippen MR) is 72.5 cm³/mol. The van der Waals surface area contributed by atoms with Crippen LogP contribution in [0.3, 0.4) is 0 Å². The summed E-state index contributed by atoms with van der Waals surface area (Å²) >= 11 is 0. The van der Waals surface area contributed by atoms with Crippen molar-refractivity contribution in [1.82, 2.24) is 9.97 Å². The largest absolute Gasteiger partial charge is 0.478 e. The molecule has 2 heterocycles. The number of benzene rings is 1. The van der Waals surface area contributed by atoms with E-state index in [-0.39, 0.29) is 5.56 Å². The summed E-state index contributed by atoms with van der Waals surface area (Å²) in [6.07, 6.45) is 2.87. The molecule has 19 heavy (non-hydrogen) atoms. The third-order valence-electron chi connectivity index (χ3n) is 3.52. The van der Waals surface area contributed by atoms with Gasteiger partial charge in [0.2, 0.25) is 5.95 Å². The van der Waals surface area contributed by atoms with Gasteiger partial charge in [-0.3, -0.25) is 0 Å². The van der Waals surface area contributed by atoms with Gasteiger partial charge < -0.3 is 10.0 Å². The Morgan fingerprint density at radius 1 is 1.47 bits per heavy atom. The predicted octanol–water partition coefficient (Wildman–Crippen LogP) is 2.17. The second kappa shape index (κ2) is 4.50. The summed E-state index contributed by atoms with van der Waals surface area (Å²) in [5.41, 5.74) is 1.05. The van der Waals surface area contributed by atoms with Gasteiger partial charge in [-0.15, -0.1) is 0 Å². The fourth-order valence-electron chi connectivity index (χ4n) is 2.43. The van der Waals surface area contributed by atoms with Crippen LogP contribution in [-0.2, 0) is 0 Å². The Balaban J connectivity index is 1.97. The first kappa shape index (κ1) is 11.9. The first-order valence-electron chi connectivity index (χ1n) is 6.38. The number of carboxylic acid groups (broad SMARTS) is 1. The minimum Gasteiger partial charge on any atom is -0.478 e. The second-order valence-electron chi connectivity index (χ2n) is 5.09. The smallest absolute Gasteiger partial charge is 0.335 e. The van der Waals surface area contributed by atoms with Gasteiger partial charge in [0, 0.05) is 24.7 Å². The molecule has 0 spiro atoms. The number of aromatic nitrogens is 2. The van der Waals surface area contributed by atoms with E-state index in [2.05, 4.69) is 21.8 Å². The molecule has 1 unspecified atom stereocenters. The summed E-state index contributed by atoms with van der Waals surface area (Å²) < 4.78 is 0. The SMILES string of the molecule is CC1CCN(c2ncc3cc(C(=O)O)ccc3n2)C1. The van der Waals surface area contributed by atoms with E-state index in [0.717, 1.165) is 29.9 Å². The first-order valence-corrected chi connectivity index (χ1v) is 6.38. The molecule has 2 aromatic rings. The average molecular weight is 257 g/mol. The lowest BCUT2D eigenvalue weighted by Crippen LogP contribution is -2.21. The molecule has 1 aliphatic rings. The minimum atomic E-state index is -0.931. The topological polar surface area (TPSA) is 66.3 Å². The van der Waals surface area contributed by atoms with Crippen molar-refractivity contribution in [2.24, 2.45) is 5.92 Å². The molecule has 1 aromatic carbocycles. The number of fused-ring (bicyclic) bond motifs is 1. The van der Waals surface area contributed by atoms with E-state index in [1.54, 1.807) is 24.4 Å². The van der Waals surface area contributed by atoms with E-state index in [4.69, 9.17) is 5.11 Å². The third kappa shape index (κ3) is 2.23. The Kier molecular flexibility index (Phi) is 2.81. The Bertz CT molecular complexity index is 642. The van der Waals surface area contributed by atoms with Crippen molar-refractivity contribution < 1.29 is 9.90 Å². The van der Waals surface area contributed by atoms with Gasteiger partial charge in [0.05, 0.1) is 11.1 Å². The second-order valence-corrected chi connectivity index (χ2v) is 5.09. The maximum Gasteiger partial charge on any atom is 0.335 e. The van der Waals surface area contributed by atoms with E-state index in [9.17, 15) is 4.79 Å². The molecule has 3 rings (SSSR count). The van der Waals surface area contributed by atoms with Gasteiger partial charge in [0.15, 0.2) is 0 Å². The summed E-state index contributed by atoms with van der Waals surface area (Å²) in [5.74, 6) is 0.480. The molecule has 1 aliphatic heterocycles. The molecule has 1 fully saturated rings. The van der Waals surface area contributed by atoms with Crippen LogP contribution in [0.15, 0.2) is 24.4 Å². The number of carbonyl (C=O) groups is 1. The molecule has 5 nitrogen and oxygen atoms in total. The fourth-order valence-corrected chi connectivity index (χ4v) is 2.43. The van der Waals surface area contributed by atoms with Crippen molar-refractivity contribution in [3.8, 4) is 0 Å². The number of hydrogen-bond acceptors (Lipinski definition) is 4. The third-order valence-corrected chi connectivity index (χ3v) is 3.52. The number of hydrogen-bond donors (Lipinski definition) is 1. The summed E-state index contributed by atoms with van der Waals surface area (Å²) in [6.45, 7) is 4.19. The van der Waals surface area contributed by atoms with Crippen molar-refractivity contribution in [3.63, 3.8) is 0 Å². The first-order chi connectivity index (χ1) is 9.13. The Hall–Kier alpha value is -2.17. The number of rotatable bonds is 2. The lowest BCUT2D eigenvalue weighted by molar-refractivity contribution is 0.0697. The quantitative estimate of drug-likeness (QED) is 0.893. The monoisotopic (exact) mass is 257 g/mol. The Labute approximate surface area is 110 Å². The van der Waals surface area contributed by atoms with Crippen LogP contribution >= 0.6 is 0 Å². The van der Waals surface area contributed by atoms with E-state index in [1.165, 1.54) is 6.42 Å². The van der Waals surface area contributed by atoms with Crippen LogP contribution in [0, 0.1) is 5.92 Å². The molecule has 1 atom stereocenters. The van der Waals surface area contributed by atoms with Crippen molar-refractivity contribution in [2.75, 3.05) is 18.0 Å². The summed E-state index contributed by atoms with van der Waals surface area (Å²) in [4.78, 5) is 21.9. The highest BCUT2D eigenvalue weighted by molar-refractivity contribution is 5.93.